The van der Waals surface area contributed by atoms with Crippen molar-refractivity contribution < 1.29 is 9.53 Å². The lowest BCUT2D eigenvalue weighted by Crippen LogP contribution is -1.97. The summed E-state index contributed by atoms with van der Waals surface area (Å²) in [4.78, 5) is 15.7. The number of methoxy groups -OCH3 is 1. The molecule has 0 unspecified atom stereocenters. The first-order chi connectivity index (χ1) is 9.21. The minimum Gasteiger partial charge on any atom is -0.497 e. The van der Waals surface area contributed by atoms with Crippen molar-refractivity contribution in [2.24, 2.45) is 4.99 Å². The zero-order chi connectivity index (χ0) is 14.1. The molecule has 0 N–H and O–H groups in total. The summed E-state index contributed by atoms with van der Waals surface area (Å²) in [5.74, 6) is 0.904. The number of carbonyl (C=O) groups excluding carboxylic acids is 1. The van der Waals surface area contributed by atoms with Crippen LogP contribution in [-0.2, 0) is 11.3 Å². The number of rotatable bonds is 7. The van der Waals surface area contributed by atoms with E-state index in [0.29, 0.717) is 18.5 Å². The maximum atomic E-state index is 11.5. The average molecular weight is 257 g/mol. The van der Waals surface area contributed by atoms with E-state index in [4.69, 9.17) is 4.74 Å². The van der Waals surface area contributed by atoms with E-state index < -0.39 is 0 Å². The van der Waals surface area contributed by atoms with E-state index >= 15 is 0 Å². The van der Waals surface area contributed by atoms with Gasteiger partial charge in [-0.15, -0.1) is 0 Å². The molecule has 0 heterocycles. The highest BCUT2D eigenvalue weighted by atomic mass is 16.5. The number of benzene rings is 1. The van der Waals surface area contributed by atoms with Crippen molar-refractivity contribution in [1.29, 1.82) is 0 Å². The highest BCUT2D eigenvalue weighted by Gasteiger charge is 2.00. The maximum Gasteiger partial charge on any atom is 0.162 e. The fraction of sp³-hybridized carbons (Fsp3) is 0.250. The summed E-state index contributed by atoms with van der Waals surface area (Å²) in [6.07, 6.45) is 5.38. The summed E-state index contributed by atoms with van der Waals surface area (Å²) in [6.45, 7) is 6.02. The van der Waals surface area contributed by atoms with Gasteiger partial charge in [-0.05, 0) is 23.8 Å². The fourth-order valence-corrected chi connectivity index (χ4v) is 1.50. The second-order valence-corrected chi connectivity index (χ2v) is 3.94. The number of aliphatic imine (C=N–C) groups is 1. The number of carbonyl (C=O) groups is 1. The van der Waals surface area contributed by atoms with E-state index in [2.05, 4.69) is 11.6 Å². The first-order valence-electron chi connectivity index (χ1n) is 6.20. The molecule has 1 aromatic rings. The van der Waals surface area contributed by atoms with Crippen LogP contribution in [0.1, 0.15) is 18.9 Å². The molecule has 0 fully saturated rings. The molecule has 0 atom stereocenters. The summed E-state index contributed by atoms with van der Waals surface area (Å²) in [6, 6.07) is 7.73. The molecule has 0 aromatic heterocycles. The lowest BCUT2D eigenvalue weighted by Gasteiger charge is -2.00. The Balaban J connectivity index is 2.59. The largest absolute Gasteiger partial charge is 0.497 e. The van der Waals surface area contributed by atoms with Crippen LogP contribution < -0.4 is 4.74 Å². The Hall–Kier alpha value is -2.16. The topological polar surface area (TPSA) is 38.7 Å². The Kier molecular flexibility index (Phi) is 6.30. The molecule has 3 heteroatoms. The minimum atomic E-state index is 0.0749. The van der Waals surface area contributed by atoms with Gasteiger partial charge in [0.15, 0.2) is 5.78 Å². The smallest absolute Gasteiger partial charge is 0.162 e. The fourth-order valence-electron chi connectivity index (χ4n) is 1.50. The summed E-state index contributed by atoms with van der Waals surface area (Å²) >= 11 is 0. The molecular formula is C16H19NO2. The average Bonchev–Trinajstić information content (AvgIpc) is 2.47. The molecule has 0 aliphatic rings. The Bertz CT molecular complexity index is 484. The molecule has 0 aliphatic carbocycles. The molecule has 0 amide bonds. The van der Waals surface area contributed by atoms with E-state index in [9.17, 15) is 4.79 Å². The van der Waals surface area contributed by atoms with Crippen molar-refractivity contribution in [2.45, 2.75) is 19.9 Å². The van der Waals surface area contributed by atoms with Gasteiger partial charge >= 0.3 is 0 Å². The summed E-state index contributed by atoms with van der Waals surface area (Å²) in [5, 5.41) is 0. The van der Waals surface area contributed by atoms with Crippen molar-refractivity contribution >= 4 is 12.0 Å². The van der Waals surface area contributed by atoms with Gasteiger partial charge in [-0.3, -0.25) is 9.79 Å². The van der Waals surface area contributed by atoms with Gasteiger partial charge in [0.1, 0.15) is 5.75 Å². The first-order valence-corrected chi connectivity index (χ1v) is 6.20. The number of nitrogens with zero attached hydrogens (tertiary/aromatic N) is 1. The first kappa shape index (κ1) is 14.9. The molecule has 3 nitrogen and oxygen atoms in total. The number of Topliss-reactive ketones (excluding diaryl/α,β-unsaturated/α-hetero) is 1. The van der Waals surface area contributed by atoms with Crippen molar-refractivity contribution in [3.8, 4) is 5.75 Å². The predicted molar refractivity (Wildman–Crippen MR) is 78.8 cm³/mol. The number of hydrogen-bond acceptors (Lipinski definition) is 3. The van der Waals surface area contributed by atoms with Gasteiger partial charge in [-0.25, -0.2) is 0 Å². The van der Waals surface area contributed by atoms with Crippen molar-refractivity contribution in [1.82, 2.24) is 0 Å². The molecule has 0 bridgehead atoms. The van der Waals surface area contributed by atoms with E-state index in [1.807, 2.05) is 31.2 Å². The molecular weight excluding hydrogens is 238 g/mol. The number of allylic oxidation sites excluding steroid dienone is 3. The quantitative estimate of drug-likeness (QED) is 0.427. The van der Waals surface area contributed by atoms with Crippen LogP contribution in [0.15, 0.2) is 53.6 Å². The SMILES string of the molecule is C=C/C(=C\C=N\Cc1ccc(OC)cc1)C(=O)CC. The zero-order valence-corrected chi connectivity index (χ0v) is 11.4. The molecule has 1 rings (SSSR count). The highest BCUT2D eigenvalue weighted by Crippen LogP contribution is 2.11. The monoisotopic (exact) mass is 257 g/mol. The Morgan fingerprint density at radius 2 is 2.05 bits per heavy atom. The number of ketones is 1. The summed E-state index contributed by atoms with van der Waals surface area (Å²) in [5.41, 5.74) is 1.69. The van der Waals surface area contributed by atoms with Gasteiger partial charge in [-0.2, -0.15) is 0 Å². The number of hydrogen-bond donors (Lipinski definition) is 0. The lowest BCUT2D eigenvalue weighted by atomic mass is 10.1. The predicted octanol–water partition coefficient (Wildman–Crippen LogP) is 3.36. The van der Waals surface area contributed by atoms with Crippen LogP contribution in [0, 0.1) is 0 Å². The van der Waals surface area contributed by atoms with Crippen LogP contribution in [0.3, 0.4) is 0 Å². The molecule has 0 spiro atoms. The van der Waals surface area contributed by atoms with Crippen LogP contribution in [0.5, 0.6) is 5.75 Å². The zero-order valence-electron chi connectivity index (χ0n) is 11.4. The third kappa shape index (κ3) is 4.92. The highest BCUT2D eigenvalue weighted by molar-refractivity contribution is 6.01. The molecule has 1 aromatic carbocycles. The van der Waals surface area contributed by atoms with Crippen LogP contribution >= 0.6 is 0 Å². The summed E-state index contributed by atoms with van der Waals surface area (Å²) in [7, 11) is 1.64. The standard InChI is InChI=1S/C16H19NO2/c1-4-14(16(18)5-2)10-11-17-12-13-6-8-15(19-3)9-7-13/h4,6-11H,1,5,12H2,2-3H3/b14-10+,17-11+. The second-order valence-electron chi connectivity index (χ2n) is 3.94. The molecule has 0 aliphatic heterocycles. The maximum absolute atomic E-state index is 11.5. The van der Waals surface area contributed by atoms with Crippen LogP contribution in [0.4, 0.5) is 0 Å². The molecule has 0 saturated carbocycles. The van der Waals surface area contributed by atoms with Gasteiger partial charge in [-0.1, -0.05) is 31.7 Å². The molecule has 100 valence electrons. The molecule has 0 saturated heterocycles. The van der Waals surface area contributed by atoms with Crippen LogP contribution in [-0.4, -0.2) is 19.1 Å². The van der Waals surface area contributed by atoms with Gasteiger partial charge in [0, 0.05) is 18.2 Å². The number of ether oxygens (including phenoxy) is 1. The Labute approximate surface area is 114 Å². The Morgan fingerprint density at radius 3 is 2.58 bits per heavy atom. The molecule has 19 heavy (non-hydrogen) atoms. The van der Waals surface area contributed by atoms with E-state index in [1.54, 1.807) is 25.5 Å². The molecule has 0 radical (unpaired) electrons. The van der Waals surface area contributed by atoms with Gasteiger partial charge in [0.2, 0.25) is 0 Å². The van der Waals surface area contributed by atoms with Gasteiger partial charge in [0.05, 0.1) is 13.7 Å². The second kappa shape index (κ2) is 8.03. The minimum absolute atomic E-state index is 0.0749. The summed E-state index contributed by atoms with van der Waals surface area (Å²) < 4.78 is 5.08. The van der Waals surface area contributed by atoms with E-state index in [1.165, 1.54) is 0 Å². The van der Waals surface area contributed by atoms with Crippen molar-refractivity contribution in [3.63, 3.8) is 0 Å². The lowest BCUT2D eigenvalue weighted by molar-refractivity contribution is -0.114. The van der Waals surface area contributed by atoms with Crippen LogP contribution in [0.2, 0.25) is 0 Å². The normalized spacial score (nSPS) is 11.6. The van der Waals surface area contributed by atoms with E-state index in [0.717, 1.165) is 11.3 Å². The van der Waals surface area contributed by atoms with E-state index in [-0.39, 0.29) is 5.78 Å². The van der Waals surface area contributed by atoms with Crippen molar-refractivity contribution in [3.05, 3.63) is 54.1 Å². The van der Waals surface area contributed by atoms with Gasteiger partial charge in [0.25, 0.3) is 0 Å². The third-order valence-corrected chi connectivity index (χ3v) is 2.66. The van der Waals surface area contributed by atoms with Crippen molar-refractivity contribution in [2.75, 3.05) is 7.11 Å². The van der Waals surface area contributed by atoms with Gasteiger partial charge < -0.3 is 4.74 Å². The Morgan fingerprint density at radius 1 is 1.37 bits per heavy atom. The van der Waals surface area contributed by atoms with Crippen LogP contribution in [0.25, 0.3) is 0 Å². The third-order valence-electron chi connectivity index (χ3n) is 2.66.